The van der Waals surface area contributed by atoms with Crippen LogP contribution in [0.4, 0.5) is 11.4 Å². The monoisotopic (exact) mass is 321 g/mol. The summed E-state index contributed by atoms with van der Waals surface area (Å²) in [6, 6.07) is 7.69. The van der Waals surface area contributed by atoms with E-state index in [9.17, 15) is 4.79 Å². The molecule has 0 unspecified atom stereocenters. The Kier molecular flexibility index (Phi) is 3.72. The molecule has 6 nitrogen and oxygen atoms in total. The molecule has 2 aromatic heterocycles. The number of aromatic nitrogens is 3. The van der Waals surface area contributed by atoms with E-state index in [1.165, 1.54) is 18.4 Å². The highest BCUT2D eigenvalue weighted by atomic mass is 16.1. The third kappa shape index (κ3) is 2.64. The topological polar surface area (TPSA) is 74.9 Å². The number of hydrogen-bond acceptors (Lipinski definition) is 4. The zero-order valence-electron chi connectivity index (χ0n) is 13.6. The van der Waals surface area contributed by atoms with Crippen molar-refractivity contribution in [2.45, 2.75) is 39.0 Å². The predicted octanol–water partition coefficient (Wildman–Crippen LogP) is 4.02. The third-order valence-electron chi connectivity index (χ3n) is 4.49. The van der Waals surface area contributed by atoms with Gasteiger partial charge in [-0.2, -0.15) is 5.11 Å². The van der Waals surface area contributed by atoms with Crippen molar-refractivity contribution in [1.82, 2.24) is 14.6 Å². The van der Waals surface area contributed by atoms with E-state index in [0.29, 0.717) is 11.3 Å². The van der Waals surface area contributed by atoms with Crippen molar-refractivity contribution in [3.63, 3.8) is 0 Å². The van der Waals surface area contributed by atoms with Gasteiger partial charge in [-0.1, -0.05) is 24.1 Å². The summed E-state index contributed by atoms with van der Waals surface area (Å²) in [7, 11) is 0. The van der Waals surface area contributed by atoms with Crippen molar-refractivity contribution in [2.24, 2.45) is 10.2 Å². The van der Waals surface area contributed by atoms with Crippen LogP contribution in [-0.2, 0) is 12.8 Å². The van der Waals surface area contributed by atoms with Crippen molar-refractivity contribution in [3.05, 3.63) is 57.6 Å². The van der Waals surface area contributed by atoms with Gasteiger partial charge in [0.15, 0.2) is 11.3 Å². The Balaban J connectivity index is 1.79. The van der Waals surface area contributed by atoms with E-state index >= 15 is 0 Å². The van der Waals surface area contributed by atoms with Crippen LogP contribution in [0.15, 0.2) is 45.5 Å². The Morgan fingerprint density at radius 1 is 1.08 bits per heavy atom. The maximum atomic E-state index is 12.3. The second-order valence-electron chi connectivity index (χ2n) is 6.27. The SMILES string of the molecule is Cc1ccc(N=Nc2c(=O)[nH]n3c4c(cnc23)CCCCC4)cc1. The maximum Gasteiger partial charge on any atom is 0.294 e. The van der Waals surface area contributed by atoms with Gasteiger partial charge in [-0.25, -0.2) is 9.50 Å². The van der Waals surface area contributed by atoms with E-state index in [2.05, 4.69) is 20.3 Å². The molecule has 6 heteroatoms. The first-order chi connectivity index (χ1) is 11.7. The van der Waals surface area contributed by atoms with E-state index < -0.39 is 0 Å². The van der Waals surface area contributed by atoms with Crippen LogP contribution < -0.4 is 5.56 Å². The number of fused-ring (bicyclic) bond motifs is 3. The van der Waals surface area contributed by atoms with Crippen LogP contribution in [0.3, 0.4) is 0 Å². The van der Waals surface area contributed by atoms with Crippen LogP contribution in [0.5, 0.6) is 0 Å². The summed E-state index contributed by atoms with van der Waals surface area (Å²) in [6.07, 6.45) is 7.36. The Labute approximate surface area is 139 Å². The summed E-state index contributed by atoms with van der Waals surface area (Å²) in [4.78, 5) is 16.8. The molecule has 0 atom stereocenters. The van der Waals surface area contributed by atoms with E-state index in [1.54, 1.807) is 4.52 Å². The molecule has 0 saturated heterocycles. The molecule has 0 fully saturated rings. The summed E-state index contributed by atoms with van der Waals surface area (Å²) in [5, 5.41) is 11.2. The van der Waals surface area contributed by atoms with Crippen LogP contribution in [0, 0.1) is 6.92 Å². The van der Waals surface area contributed by atoms with Gasteiger partial charge in [0.2, 0.25) is 0 Å². The highest BCUT2D eigenvalue weighted by Crippen LogP contribution is 2.24. The molecule has 0 bridgehead atoms. The van der Waals surface area contributed by atoms with E-state index in [-0.39, 0.29) is 11.2 Å². The average molecular weight is 321 g/mol. The lowest BCUT2D eigenvalue weighted by Gasteiger charge is -2.07. The lowest BCUT2D eigenvalue weighted by molar-refractivity contribution is 0.701. The van der Waals surface area contributed by atoms with Crippen LogP contribution in [-0.4, -0.2) is 14.6 Å². The molecular formula is C18H19N5O. The molecular weight excluding hydrogens is 302 g/mol. The predicted molar refractivity (Wildman–Crippen MR) is 92.4 cm³/mol. The Bertz CT molecular complexity index is 965. The summed E-state index contributed by atoms with van der Waals surface area (Å²) < 4.78 is 1.80. The second-order valence-corrected chi connectivity index (χ2v) is 6.27. The molecule has 1 aromatic carbocycles. The van der Waals surface area contributed by atoms with Crippen LogP contribution in [0.2, 0.25) is 0 Å². The average Bonchev–Trinajstić information content (AvgIpc) is 2.76. The highest BCUT2D eigenvalue weighted by molar-refractivity contribution is 5.63. The minimum absolute atomic E-state index is 0.254. The van der Waals surface area contributed by atoms with E-state index in [1.807, 2.05) is 37.4 Å². The van der Waals surface area contributed by atoms with Crippen molar-refractivity contribution in [3.8, 4) is 0 Å². The molecule has 0 aliphatic heterocycles. The summed E-state index contributed by atoms with van der Waals surface area (Å²) >= 11 is 0. The normalized spacial score (nSPS) is 14.9. The molecule has 0 radical (unpaired) electrons. The van der Waals surface area contributed by atoms with Crippen molar-refractivity contribution >= 4 is 17.0 Å². The lowest BCUT2D eigenvalue weighted by atomic mass is 10.1. The van der Waals surface area contributed by atoms with Gasteiger partial charge in [0, 0.05) is 11.9 Å². The standard InChI is InChI=1S/C18H19N5O/c1-12-7-9-14(10-8-12)20-21-16-17-19-11-13-5-3-2-4-6-15(13)23(17)22-18(16)24/h7-11H,2-6H2,1H3,(H,22,24). The fraction of sp³-hybridized carbons (Fsp3) is 0.333. The number of azo groups is 1. The molecule has 24 heavy (non-hydrogen) atoms. The molecule has 3 aromatic rings. The Hall–Kier alpha value is -2.76. The summed E-state index contributed by atoms with van der Waals surface area (Å²) in [6.45, 7) is 2.02. The number of nitrogens with zero attached hydrogens (tertiary/aromatic N) is 4. The molecule has 2 heterocycles. The Morgan fingerprint density at radius 3 is 2.71 bits per heavy atom. The largest absolute Gasteiger partial charge is 0.294 e. The minimum atomic E-state index is -0.254. The number of nitrogens with one attached hydrogen (secondary N) is 1. The maximum absolute atomic E-state index is 12.3. The van der Waals surface area contributed by atoms with Gasteiger partial charge in [-0.05, 0) is 50.3 Å². The minimum Gasteiger partial charge on any atom is -0.265 e. The number of hydrogen-bond donors (Lipinski definition) is 1. The van der Waals surface area contributed by atoms with Crippen LogP contribution in [0.25, 0.3) is 5.65 Å². The van der Waals surface area contributed by atoms with Gasteiger partial charge in [0.1, 0.15) is 0 Å². The quantitative estimate of drug-likeness (QED) is 0.572. The molecule has 4 rings (SSSR count). The van der Waals surface area contributed by atoms with Gasteiger partial charge < -0.3 is 0 Å². The van der Waals surface area contributed by atoms with Crippen molar-refractivity contribution < 1.29 is 0 Å². The van der Waals surface area contributed by atoms with Crippen LogP contribution in [0.1, 0.15) is 36.1 Å². The summed E-state index contributed by atoms with van der Waals surface area (Å²) in [5.41, 5.74) is 4.80. The zero-order chi connectivity index (χ0) is 16.5. The lowest BCUT2D eigenvalue weighted by Crippen LogP contribution is -2.06. The first-order valence-corrected chi connectivity index (χ1v) is 8.32. The molecule has 0 amide bonds. The molecule has 1 aliphatic carbocycles. The molecule has 122 valence electrons. The fourth-order valence-corrected chi connectivity index (χ4v) is 3.16. The number of H-pyrrole nitrogens is 1. The molecule has 1 aliphatic rings. The van der Waals surface area contributed by atoms with Gasteiger partial charge >= 0.3 is 0 Å². The Morgan fingerprint density at radius 2 is 1.88 bits per heavy atom. The molecule has 0 spiro atoms. The van der Waals surface area contributed by atoms with Gasteiger partial charge in [0.05, 0.1) is 5.69 Å². The summed E-state index contributed by atoms with van der Waals surface area (Å²) in [5.74, 6) is 0. The number of rotatable bonds is 2. The molecule has 0 saturated carbocycles. The zero-order valence-corrected chi connectivity index (χ0v) is 13.6. The van der Waals surface area contributed by atoms with E-state index in [4.69, 9.17) is 0 Å². The van der Waals surface area contributed by atoms with Gasteiger partial charge in [-0.15, -0.1) is 5.11 Å². The highest BCUT2D eigenvalue weighted by Gasteiger charge is 2.17. The van der Waals surface area contributed by atoms with Gasteiger partial charge in [0.25, 0.3) is 5.56 Å². The second kappa shape index (κ2) is 6.03. The number of aromatic amines is 1. The van der Waals surface area contributed by atoms with Gasteiger partial charge in [-0.3, -0.25) is 9.89 Å². The first-order valence-electron chi connectivity index (χ1n) is 8.32. The number of aryl methyl sites for hydroxylation is 3. The molecule has 1 N–H and O–H groups in total. The smallest absolute Gasteiger partial charge is 0.265 e. The van der Waals surface area contributed by atoms with Crippen LogP contribution >= 0.6 is 0 Å². The van der Waals surface area contributed by atoms with Crippen molar-refractivity contribution in [1.29, 1.82) is 0 Å². The first kappa shape index (κ1) is 14.8. The van der Waals surface area contributed by atoms with Crippen molar-refractivity contribution in [2.75, 3.05) is 0 Å². The van der Waals surface area contributed by atoms with E-state index in [0.717, 1.165) is 30.5 Å². The fourth-order valence-electron chi connectivity index (χ4n) is 3.16. The number of benzene rings is 1. The third-order valence-corrected chi connectivity index (χ3v) is 4.49.